The normalized spacial score (nSPS) is 14.8. The van der Waals surface area contributed by atoms with E-state index in [0.717, 1.165) is 26.2 Å². The van der Waals surface area contributed by atoms with E-state index in [4.69, 9.17) is 5.73 Å². The SMILES string of the molecule is Cc1cccc(N2CCN(C(=O)C(C)(C)CN)CC2)c1C.Cl.Cl. The van der Waals surface area contributed by atoms with Crippen LogP contribution in [0.5, 0.6) is 0 Å². The molecule has 0 aromatic heterocycles. The molecule has 0 radical (unpaired) electrons. The number of rotatable bonds is 3. The molecule has 132 valence electrons. The second-order valence-electron chi connectivity index (χ2n) is 6.59. The van der Waals surface area contributed by atoms with E-state index in [9.17, 15) is 4.79 Å². The molecule has 1 saturated heterocycles. The highest BCUT2D eigenvalue weighted by atomic mass is 35.5. The van der Waals surface area contributed by atoms with Gasteiger partial charge in [-0.2, -0.15) is 0 Å². The van der Waals surface area contributed by atoms with Crippen molar-refractivity contribution in [3.05, 3.63) is 29.3 Å². The van der Waals surface area contributed by atoms with Crippen molar-refractivity contribution < 1.29 is 4.79 Å². The maximum Gasteiger partial charge on any atom is 0.229 e. The molecule has 4 nitrogen and oxygen atoms in total. The molecule has 0 spiro atoms. The summed E-state index contributed by atoms with van der Waals surface area (Å²) in [6.07, 6.45) is 0. The Kier molecular flexibility index (Phi) is 8.39. The third-order valence-corrected chi connectivity index (χ3v) is 4.57. The Morgan fingerprint density at radius 2 is 1.70 bits per heavy atom. The lowest BCUT2D eigenvalue weighted by Gasteiger charge is -2.39. The molecule has 23 heavy (non-hydrogen) atoms. The van der Waals surface area contributed by atoms with E-state index in [0.29, 0.717) is 6.54 Å². The quantitative estimate of drug-likeness (QED) is 0.900. The molecule has 1 fully saturated rings. The van der Waals surface area contributed by atoms with Crippen molar-refractivity contribution in [1.29, 1.82) is 0 Å². The summed E-state index contributed by atoms with van der Waals surface area (Å²) in [6.45, 7) is 11.9. The van der Waals surface area contributed by atoms with E-state index in [2.05, 4.69) is 36.9 Å². The van der Waals surface area contributed by atoms with Crippen LogP contribution in [0.2, 0.25) is 0 Å². The first-order valence-corrected chi connectivity index (χ1v) is 7.67. The first-order valence-electron chi connectivity index (χ1n) is 7.67. The zero-order chi connectivity index (χ0) is 15.6. The van der Waals surface area contributed by atoms with Crippen LogP contribution in [0.3, 0.4) is 0 Å². The predicted molar refractivity (Wildman–Crippen MR) is 102 cm³/mol. The average Bonchev–Trinajstić information content (AvgIpc) is 2.49. The fourth-order valence-electron chi connectivity index (χ4n) is 2.74. The van der Waals surface area contributed by atoms with Gasteiger partial charge in [0, 0.05) is 38.4 Å². The molecule has 2 N–H and O–H groups in total. The summed E-state index contributed by atoms with van der Waals surface area (Å²) < 4.78 is 0. The number of hydrogen-bond acceptors (Lipinski definition) is 3. The number of nitrogens with zero attached hydrogens (tertiary/aromatic N) is 2. The van der Waals surface area contributed by atoms with E-state index in [-0.39, 0.29) is 30.7 Å². The number of amides is 1. The summed E-state index contributed by atoms with van der Waals surface area (Å²) in [5, 5.41) is 0. The van der Waals surface area contributed by atoms with Crippen molar-refractivity contribution in [1.82, 2.24) is 4.90 Å². The van der Waals surface area contributed by atoms with E-state index in [1.165, 1.54) is 16.8 Å². The number of hydrogen-bond donors (Lipinski definition) is 1. The maximum atomic E-state index is 12.4. The van der Waals surface area contributed by atoms with Crippen molar-refractivity contribution in [2.75, 3.05) is 37.6 Å². The Hall–Kier alpha value is -0.970. The molecular formula is C17H29Cl2N3O. The molecule has 0 aliphatic carbocycles. The van der Waals surface area contributed by atoms with Crippen LogP contribution in [0.15, 0.2) is 18.2 Å². The summed E-state index contributed by atoms with van der Waals surface area (Å²) in [6, 6.07) is 6.42. The number of nitrogens with two attached hydrogens (primary N) is 1. The van der Waals surface area contributed by atoms with Crippen molar-refractivity contribution in [2.45, 2.75) is 27.7 Å². The van der Waals surface area contributed by atoms with E-state index in [1.807, 2.05) is 18.7 Å². The molecule has 0 atom stereocenters. The summed E-state index contributed by atoms with van der Waals surface area (Å²) >= 11 is 0. The zero-order valence-corrected chi connectivity index (χ0v) is 16.1. The van der Waals surface area contributed by atoms with Crippen LogP contribution in [0, 0.1) is 19.3 Å². The van der Waals surface area contributed by atoms with Crippen molar-refractivity contribution in [3.63, 3.8) is 0 Å². The Morgan fingerprint density at radius 1 is 1.13 bits per heavy atom. The van der Waals surface area contributed by atoms with Crippen LogP contribution in [-0.4, -0.2) is 43.5 Å². The fourth-order valence-corrected chi connectivity index (χ4v) is 2.74. The third kappa shape index (κ3) is 4.75. The van der Waals surface area contributed by atoms with Crippen LogP contribution < -0.4 is 10.6 Å². The van der Waals surface area contributed by atoms with Gasteiger partial charge >= 0.3 is 0 Å². The lowest BCUT2D eigenvalue weighted by Crippen LogP contribution is -2.53. The van der Waals surface area contributed by atoms with Gasteiger partial charge in [-0.3, -0.25) is 4.79 Å². The van der Waals surface area contributed by atoms with Gasteiger partial charge in [-0.15, -0.1) is 24.8 Å². The maximum absolute atomic E-state index is 12.4. The van der Waals surface area contributed by atoms with Gasteiger partial charge in [0.15, 0.2) is 0 Å². The third-order valence-electron chi connectivity index (χ3n) is 4.57. The van der Waals surface area contributed by atoms with Gasteiger partial charge in [0.2, 0.25) is 5.91 Å². The lowest BCUT2D eigenvalue weighted by atomic mass is 9.91. The molecule has 1 aromatic rings. The van der Waals surface area contributed by atoms with Crippen molar-refractivity contribution in [2.24, 2.45) is 11.1 Å². The Bertz CT molecular complexity index is 527. The Morgan fingerprint density at radius 3 is 2.22 bits per heavy atom. The van der Waals surface area contributed by atoms with E-state index >= 15 is 0 Å². The average molecular weight is 362 g/mol. The summed E-state index contributed by atoms with van der Waals surface area (Å²) in [5.41, 5.74) is 9.19. The topological polar surface area (TPSA) is 49.6 Å². The van der Waals surface area contributed by atoms with Gasteiger partial charge in [-0.1, -0.05) is 12.1 Å². The number of carbonyl (C=O) groups is 1. The standard InChI is InChI=1S/C17H27N3O.2ClH/c1-13-6-5-7-15(14(13)2)19-8-10-20(11-9-19)16(21)17(3,4)12-18;;/h5-7H,8-12,18H2,1-4H3;2*1H. The van der Waals surface area contributed by atoms with Crippen molar-refractivity contribution >= 4 is 36.4 Å². The molecule has 0 saturated carbocycles. The van der Waals surface area contributed by atoms with Gasteiger partial charge in [-0.25, -0.2) is 0 Å². The Balaban J connectivity index is 0.00000242. The minimum Gasteiger partial charge on any atom is -0.368 e. The van der Waals surface area contributed by atoms with Gasteiger partial charge in [-0.05, 0) is 44.9 Å². The molecular weight excluding hydrogens is 333 g/mol. The number of benzene rings is 1. The highest BCUT2D eigenvalue weighted by Crippen LogP contribution is 2.25. The van der Waals surface area contributed by atoms with Crippen LogP contribution in [0.25, 0.3) is 0 Å². The monoisotopic (exact) mass is 361 g/mol. The van der Waals surface area contributed by atoms with Gasteiger partial charge < -0.3 is 15.5 Å². The first-order chi connectivity index (χ1) is 9.86. The largest absolute Gasteiger partial charge is 0.368 e. The minimum absolute atomic E-state index is 0. The molecule has 0 bridgehead atoms. The number of carbonyl (C=O) groups excluding carboxylic acids is 1. The number of aryl methyl sites for hydroxylation is 1. The second kappa shape index (κ2) is 8.76. The van der Waals surface area contributed by atoms with Crippen LogP contribution in [0.4, 0.5) is 5.69 Å². The molecule has 2 rings (SSSR count). The van der Waals surface area contributed by atoms with E-state index in [1.54, 1.807) is 0 Å². The van der Waals surface area contributed by atoms with Gasteiger partial charge in [0.25, 0.3) is 0 Å². The molecule has 1 aromatic carbocycles. The Labute approximate surface area is 152 Å². The number of piperazine rings is 1. The minimum atomic E-state index is -0.457. The number of halogens is 2. The summed E-state index contributed by atoms with van der Waals surface area (Å²) in [5.74, 6) is 0.172. The highest BCUT2D eigenvalue weighted by molar-refractivity contribution is 5.85. The van der Waals surface area contributed by atoms with Crippen molar-refractivity contribution in [3.8, 4) is 0 Å². The van der Waals surface area contributed by atoms with Gasteiger partial charge in [0.05, 0.1) is 5.41 Å². The fraction of sp³-hybridized carbons (Fsp3) is 0.588. The molecule has 0 unspecified atom stereocenters. The summed E-state index contributed by atoms with van der Waals surface area (Å²) in [4.78, 5) is 16.8. The van der Waals surface area contributed by atoms with Crippen LogP contribution >= 0.6 is 24.8 Å². The first kappa shape index (κ1) is 22.0. The van der Waals surface area contributed by atoms with Gasteiger partial charge in [0.1, 0.15) is 0 Å². The smallest absolute Gasteiger partial charge is 0.229 e. The second-order valence-corrected chi connectivity index (χ2v) is 6.59. The molecule has 1 aliphatic rings. The molecule has 1 amide bonds. The lowest BCUT2D eigenvalue weighted by molar-refractivity contribution is -0.140. The molecule has 6 heteroatoms. The summed E-state index contributed by atoms with van der Waals surface area (Å²) in [7, 11) is 0. The predicted octanol–water partition coefficient (Wildman–Crippen LogP) is 2.78. The molecule has 1 heterocycles. The number of anilines is 1. The molecule has 1 aliphatic heterocycles. The van der Waals surface area contributed by atoms with E-state index < -0.39 is 5.41 Å². The zero-order valence-electron chi connectivity index (χ0n) is 14.5. The highest BCUT2D eigenvalue weighted by Gasteiger charge is 2.32. The van der Waals surface area contributed by atoms with Crippen LogP contribution in [-0.2, 0) is 4.79 Å². The van der Waals surface area contributed by atoms with Crippen LogP contribution in [0.1, 0.15) is 25.0 Å².